The molecule has 15 heavy (non-hydrogen) atoms. The van der Waals surface area contributed by atoms with Crippen molar-refractivity contribution in [1.29, 1.82) is 0 Å². The number of carbonyl (C=O) groups excluding carboxylic acids is 1. The Morgan fingerprint density at radius 1 is 1.40 bits per heavy atom. The second-order valence-corrected chi connectivity index (χ2v) is 4.29. The summed E-state index contributed by atoms with van der Waals surface area (Å²) in [7, 11) is 0. The largest absolute Gasteiger partial charge is 0.281 e. The van der Waals surface area contributed by atoms with Crippen LogP contribution in [-0.2, 0) is 0 Å². The van der Waals surface area contributed by atoms with E-state index in [9.17, 15) is 4.79 Å². The molecule has 3 nitrogen and oxygen atoms in total. The summed E-state index contributed by atoms with van der Waals surface area (Å²) in [4.78, 5) is 19.9. The Labute approximate surface area is 95.8 Å². The molecule has 0 atom stereocenters. The number of pyridine rings is 1. The molecule has 2 heterocycles. The lowest BCUT2D eigenvalue weighted by molar-refractivity contribution is 0.108. The maximum Gasteiger partial charge on any atom is 0.281 e. The van der Waals surface area contributed by atoms with Gasteiger partial charge in [0.25, 0.3) is 5.24 Å². The SMILES string of the molecule is Cc1nc(C(=O)Cl)sc1-c1ccncc1. The lowest BCUT2D eigenvalue weighted by atomic mass is 10.2. The van der Waals surface area contributed by atoms with Gasteiger partial charge in [0.15, 0.2) is 5.01 Å². The minimum absolute atomic E-state index is 0.334. The molecule has 0 aliphatic rings. The summed E-state index contributed by atoms with van der Waals surface area (Å²) in [5.41, 5.74) is 1.82. The summed E-state index contributed by atoms with van der Waals surface area (Å²) in [5.74, 6) is 0. The van der Waals surface area contributed by atoms with Crippen LogP contribution < -0.4 is 0 Å². The van der Waals surface area contributed by atoms with Crippen LogP contribution in [0, 0.1) is 6.92 Å². The van der Waals surface area contributed by atoms with Gasteiger partial charge in [-0.05, 0) is 36.2 Å². The van der Waals surface area contributed by atoms with Gasteiger partial charge in [-0.25, -0.2) is 4.98 Å². The molecule has 2 aromatic rings. The maximum atomic E-state index is 10.9. The first-order chi connectivity index (χ1) is 7.18. The summed E-state index contributed by atoms with van der Waals surface area (Å²) >= 11 is 6.67. The molecule has 0 aliphatic heterocycles. The maximum absolute atomic E-state index is 10.9. The Hall–Kier alpha value is -1.26. The van der Waals surface area contributed by atoms with Crippen molar-refractivity contribution in [1.82, 2.24) is 9.97 Å². The summed E-state index contributed by atoms with van der Waals surface area (Å²) in [6, 6.07) is 3.76. The lowest BCUT2D eigenvalue weighted by Crippen LogP contribution is -1.85. The molecule has 5 heteroatoms. The number of rotatable bonds is 2. The second kappa shape index (κ2) is 4.08. The fourth-order valence-electron chi connectivity index (χ4n) is 1.25. The molecule has 2 rings (SSSR count). The minimum atomic E-state index is -0.511. The molecule has 76 valence electrons. The van der Waals surface area contributed by atoms with E-state index >= 15 is 0 Å². The monoisotopic (exact) mass is 238 g/mol. The van der Waals surface area contributed by atoms with Crippen molar-refractivity contribution in [2.24, 2.45) is 0 Å². The quantitative estimate of drug-likeness (QED) is 0.756. The van der Waals surface area contributed by atoms with E-state index in [0.717, 1.165) is 16.1 Å². The predicted molar refractivity (Wildman–Crippen MR) is 60.3 cm³/mol. The van der Waals surface area contributed by atoms with Crippen LogP contribution in [0.4, 0.5) is 0 Å². The Morgan fingerprint density at radius 3 is 2.60 bits per heavy atom. The smallest absolute Gasteiger partial charge is 0.273 e. The van der Waals surface area contributed by atoms with Gasteiger partial charge in [0.05, 0.1) is 10.6 Å². The molecule has 0 bridgehead atoms. The van der Waals surface area contributed by atoms with E-state index in [2.05, 4.69) is 9.97 Å². The van der Waals surface area contributed by atoms with Gasteiger partial charge in [0, 0.05) is 12.4 Å². The van der Waals surface area contributed by atoms with Crippen molar-refractivity contribution in [2.45, 2.75) is 6.92 Å². The van der Waals surface area contributed by atoms with Crippen LogP contribution in [0.2, 0.25) is 0 Å². The van der Waals surface area contributed by atoms with Crippen LogP contribution >= 0.6 is 22.9 Å². The highest BCUT2D eigenvalue weighted by atomic mass is 35.5. The van der Waals surface area contributed by atoms with Crippen LogP contribution in [0.5, 0.6) is 0 Å². The van der Waals surface area contributed by atoms with E-state index in [0.29, 0.717) is 5.01 Å². The Kier molecular flexibility index (Phi) is 2.79. The van der Waals surface area contributed by atoms with Gasteiger partial charge in [-0.15, -0.1) is 11.3 Å². The van der Waals surface area contributed by atoms with E-state index in [1.165, 1.54) is 11.3 Å². The topological polar surface area (TPSA) is 42.9 Å². The third-order valence-corrected chi connectivity index (χ3v) is 3.40. The van der Waals surface area contributed by atoms with Gasteiger partial charge in [-0.3, -0.25) is 9.78 Å². The van der Waals surface area contributed by atoms with Gasteiger partial charge in [-0.1, -0.05) is 0 Å². The van der Waals surface area contributed by atoms with E-state index in [1.54, 1.807) is 12.4 Å². The van der Waals surface area contributed by atoms with Gasteiger partial charge in [0.2, 0.25) is 0 Å². The van der Waals surface area contributed by atoms with E-state index in [1.807, 2.05) is 19.1 Å². The zero-order chi connectivity index (χ0) is 10.8. The van der Waals surface area contributed by atoms with Gasteiger partial charge >= 0.3 is 0 Å². The predicted octanol–water partition coefficient (Wildman–Crippen LogP) is 2.89. The van der Waals surface area contributed by atoms with Crippen molar-refractivity contribution in [3.63, 3.8) is 0 Å². The molecule has 0 unspecified atom stereocenters. The Morgan fingerprint density at radius 2 is 2.07 bits per heavy atom. The molecule has 0 saturated heterocycles. The number of hydrogen-bond donors (Lipinski definition) is 0. The molecular weight excluding hydrogens is 232 g/mol. The van der Waals surface area contributed by atoms with Crippen LogP contribution in [0.25, 0.3) is 10.4 Å². The van der Waals surface area contributed by atoms with Gasteiger partial charge in [0.1, 0.15) is 0 Å². The Bertz CT molecular complexity index is 495. The van der Waals surface area contributed by atoms with Crippen LogP contribution in [-0.4, -0.2) is 15.2 Å². The number of aromatic nitrogens is 2. The third-order valence-electron chi connectivity index (χ3n) is 1.91. The first-order valence-corrected chi connectivity index (χ1v) is 5.45. The van der Waals surface area contributed by atoms with E-state index in [-0.39, 0.29) is 0 Å². The average molecular weight is 239 g/mol. The summed E-state index contributed by atoms with van der Waals surface area (Å²) < 4.78 is 0. The molecule has 2 aromatic heterocycles. The fraction of sp³-hybridized carbons (Fsp3) is 0.100. The second-order valence-electron chi connectivity index (χ2n) is 2.94. The van der Waals surface area contributed by atoms with Crippen molar-refractivity contribution >= 4 is 28.2 Å². The minimum Gasteiger partial charge on any atom is -0.273 e. The van der Waals surface area contributed by atoms with Crippen molar-refractivity contribution in [3.8, 4) is 10.4 Å². The lowest BCUT2D eigenvalue weighted by Gasteiger charge is -1.95. The summed E-state index contributed by atoms with van der Waals surface area (Å²) in [5, 5.41) is -0.176. The Balaban J connectivity index is 2.50. The standard InChI is InChI=1S/C10H7ClN2OS/c1-6-8(7-2-4-12-5-3-7)15-10(13-6)9(11)14/h2-5H,1H3. The zero-order valence-corrected chi connectivity index (χ0v) is 9.47. The average Bonchev–Trinajstić information content (AvgIpc) is 2.62. The molecular formula is C10H7ClN2OS. The summed E-state index contributed by atoms with van der Waals surface area (Å²) in [6.45, 7) is 1.86. The van der Waals surface area contributed by atoms with Crippen LogP contribution in [0.3, 0.4) is 0 Å². The molecule has 0 aromatic carbocycles. The normalized spacial score (nSPS) is 10.3. The molecule has 0 amide bonds. The highest BCUT2D eigenvalue weighted by molar-refractivity contribution is 7.18. The molecule has 0 N–H and O–H groups in total. The summed E-state index contributed by atoms with van der Waals surface area (Å²) in [6.07, 6.45) is 3.41. The number of aryl methyl sites for hydroxylation is 1. The fourth-order valence-corrected chi connectivity index (χ4v) is 2.31. The third kappa shape index (κ3) is 2.06. The van der Waals surface area contributed by atoms with Gasteiger partial charge < -0.3 is 0 Å². The van der Waals surface area contributed by atoms with Crippen LogP contribution in [0.1, 0.15) is 15.5 Å². The molecule has 0 saturated carbocycles. The number of thiazole rings is 1. The van der Waals surface area contributed by atoms with Crippen LogP contribution in [0.15, 0.2) is 24.5 Å². The molecule has 0 fully saturated rings. The number of hydrogen-bond acceptors (Lipinski definition) is 4. The van der Waals surface area contributed by atoms with Crippen molar-refractivity contribution in [3.05, 3.63) is 35.2 Å². The molecule has 0 aliphatic carbocycles. The van der Waals surface area contributed by atoms with Crippen molar-refractivity contribution < 1.29 is 4.79 Å². The highest BCUT2D eigenvalue weighted by Gasteiger charge is 2.13. The highest BCUT2D eigenvalue weighted by Crippen LogP contribution is 2.29. The first kappa shape index (κ1) is 10.3. The number of nitrogens with zero attached hydrogens (tertiary/aromatic N) is 2. The van der Waals surface area contributed by atoms with Crippen molar-refractivity contribution in [2.75, 3.05) is 0 Å². The zero-order valence-electron chi connectivity index (χ0n) is 7.90. The van der Waals surface area contributed by atoms with E-state index in [4.69, 9.17) is 11.6 Å². The first-order valence-electron chi connectivity index (χ1n) is 4.26. The number of carbonyl (C=O) groups is 1. The van der Waals surface area contributed by atoms with Gasteiger partial charge in [-0.2, -0.15) is 0 Å². The number of halogens is 1. The van der Waals surface area contributed by atoms with E-state index < -0.39 is 5.24 Å². The molecule has 0 spiro atoms. The molecule has 0 radical (unpaired) electrons.